The SMILES string of the molecule is Cc1ccc(SC(C(=O)c2ccccc2)C(=O)c2ccccc2)cc1. The van der Waals surface area contributed by atoms with E-state index in [1.54, 1.807) is 24.3 Å². The summed E-state index contributed by atoms with van der Waals surface area (Å²) in [7, 11) is 0. The van der Waals surface area contributed by atoms with Crippen LogP contribution in [0.2, 0.25) is 0 Å². The summed E-state index contributed by atoms with van der Waals surface area (Å²) in [6.07, 6.45) is 0. The highest BCUT2D eigenvalue weighted by molar-refractivity contribution is 8.01. The van der Waals surface area contributed by atoms with Gasteiger partial charge in [-0.25, -0.2) is 0 Å². The average molecular weight is 346 g/mol. The van der Waals surface area contributed by atoms with Crippen molar-refractivity contribution in [1.82, 2.24) is 0 Å². The van der Waals surface area contributed by atoms with Crippen LogP contribution in [0.15, 0.2) is 89.8 Å². The Bertz CT molecular complexity index is 804. The maximum absolute atomic E-state index is 13.0. The van der Waals surface area contributed by atoms with E-state index < -0.39 is 5.25 Å². The van der Waals surface area contributed by atoms with Gasteiger partial charge in [0.2, 0.25) is 0 Å². The number of thioether (sulfide) groups is 1. The minimum atomic E-state index is -0.799. The molecule has 0 aliphatic rings. The third-order valence-corrected chi connectivity index (χ3v) is 5.08. The molecule has 0 atom stereocenters. The highest BCUT2D eigenvalue weighted by atomic mass is 32.2. The molecule has 0 amide bonds. The predicted molar refractivity (Wildman–Crippen MR) is 102 cm³/mol. The molecule has 0 saturated heterocycles. The minimum Gasteiger partial charge on any atom is -0.292 e. The number of hydrogen-bond acceptors (Lipinski definition) is 3. The van der Waals surface area contributed by atoms with Crippen molar-refractivity contribution in [3.63, 3.8) is 0 Å². The second kappa shape index (κ2) is 7.95. The fourth-order valence-electron chi connectivity index (χ4n) is 2.49. The molecule has 2 nitrogen and oxygen atoms in total. The summed E-state index contributed by atoms with van der Waals surface area (Å²) in [5.41, 5.74) is 2.25. The molecule has 0 aromatic heterocycles. The highest BCUT2D eigenvalue weighted by Gasteiger charge is 2.29. The van der Waals surface area contributed by atoms with Gasteiger partial charge in [-0.2, -0.15) is 0 Å². The Labute approximate surface area is 151 Å². The average Bonchev–Trinajstić information content (AvgIpc) is 2.68. The molecule has 0 saturated carbocycles. The third kappa shape index (κ3) is 4.25. The zero-order chi connectivity index (χ0) is 17.6. The van der Waals surface area contributed by atoms with E-state index in [0.29, 0.717) is 11.1 Å². The number of carbonyl (C=O) groups excluding carboxylic acids is 2. The molecule has 0 fully saturated rings. The van der Waals surface area contributed by atoms with Crippen molar-refractivity contribution in [2.45, 2.75) is 17.1 Å². The second-order valence-corrected chi connectivity index (χ2v) is 6.95. The quantitative estimate of drug-likeness (QED) is 0.348. The normalized spacial score (nSPS) is 10.6. The summed E-state index contributed by atoms with van der Waals surface area (Å²) in [4.78, 5) is 26.9. The maximum Gasteiger partial charge on any atom is 0.184 e. The van der Waals surface area contributed by atoms with E-state index in [9.17, 15) is 9.59 Å². The van der Waals surface area contributed by atoms with Crippen molar-refractivity contribution in [3.05, 3.63) is 102 Å². The van der Waals surface area contributed by atoms with Crippen molar-refractivity contribution >= 4 is 23.3 Å². The summed E-state index contributed by atoms with van der Waals surface area (Å²) in [5, 5.41) is -0.799. The topological polar surface area (TPSA) is 34.1 Å². The van der Waals surface area contributed by atoms with Gasteiger partial charge < -0.3 is 0 Å². The lowest BCUT2D eigenvalue weighted by molar-refractivity contribution is 0.0903. The Morgan fingerprint density at radius 1 is 0.680 bits per heavy atom. The number of benzene rings is 3. The van der Waals surface area contributed by atoms with Gasteiger partial charge in [0.25, 0.3) is 0 Å². The molecule has 0 unspecified atom stereocenters. The summed E-state index contributed by atoms with van der Waals surface area (Å²) in [6, 6.07) is 25.9. The first-order valence-corrected chi connectivity index (χ1v) is 8.95. The van der Waals surface area contributed by atoms with Crippen LogP contribution in [0.4, 0.5) is 0 Å². The van der Waals surface area contributed by atoms with Gasteiger partial charge in [0.15, 0.2) is 11.6 Å². The lowest BCUT2D eigenvalue weighted by Gasteiger charge is -2.15. The second-order valence-electron chi connectivity index (χ2n) is 5.77. The smallest absolute Gasteiger partial charge is 0.184 e. The van der Waals surface area contributed by atoms with Crippen molar-refractivity contribution in [2.75, 3.05) is 0 Å². The van der Waals surface area contributed by atoms with Gasteiger partial charge in [-0.15, -0.1) is 11.8 Å². The Morgan fingerprint density at radius 3 is 1.56 bits per heavy atom. The molecule has 3 heteroatoms. The number of Topliss-reactive ketones (excluding diaryl/α,β-unsaturated/α-hetero) is 2. The van der Waals surface area contributed by atoms with Crippen molar-refractivity contribution < 1.29 is 9.59 Å². The number of ketones is 2. The van der Waals surface area contributed by atoms with E-state index in [0.717, 1.165) is 10.5 Å². The third-order valence-electron chi connectivity index (χ3n) is 3.87. The molecule has 25 heavy (non-hydrogen) atoms. The van der Waals surface area contributed by atoms with E-state index in [1.165, 1.54) is 11.8 Å². The molecule has 0 bridgehead atoms. The molecule has 0 radical (unpaired) electrons. The Kier molecular flexibility index (Phi) is 5.46. The van der Waals surface area contributed by atoms with Gasteiger partial charge in [0.1, 0.15) is 5.25 Å². The van der Waals surface area contributed by atoms with E-state index in [-0.39, 0.29) is 11.6 Å². The van der Waals surface area contributed by atoms with Crippen LogP contribution in [0.1, 0.15) is 26.3 Å². The van der Waals surface area contributed by atoms with Gasteiger partial charge in [-0.05, 0) is 19.1 Å². The highest BCUT2D eigenvalue weighted by Crippen LogP contribution is 2.29. The van der Waals surface area contributed by atoms with Gasteiger partial charge in [-0.3, -0.25) is 9.59 Å². The summed E-state index contributed by atoms with van der Waals surface area (Å²) < 4.78 is 0. The molecular formula is C22H18O2S. The first-order valence-electron chi connectivity index (χ1n) is 8.07. The molecule has 0 aliphatic carbocycles. The minimum absolute atomic E-state index is 0.167. The summed E-state index contributed by atoms with van der Waals surface area (Å²) in [6.45, 7) is 2.01. The van der Waals surface area contributed by atoms with E-state index in [1.807, 2.05) is 67.6 Å². The van der Waals surface area contributed by atoms with Crippen molar-refractivity contribution in [2.24, 2.45) is 0 Å². The van der Waals surface area contributed by atoms with Crippen LogP contribution in [-0.4, -0.2) is 16.8 Å². The Balaban J connectivity index is 1.94. The van der Waals surface area contributed by atoms with Crippen LogP contribution in [-0.2, 0) is 0 Å². The molecule has 0 spiro atoms. The van der Waals surface area contributed by atoms with Crippen LogP contribution < -0.4 is 0 Å². The first-order chi connectivity index (χ1) is 12.1. The van der Waals surface area contributed by atoms with Crippen LogP contribution in [0.3, 0.4) is 0 Å². The van der Waals surface area contributed by atoms with Crippen LogP contribution >= 0.6 is 11.8 Å². The van der Waals surface area contributed by atoms with E-state index in [4.69, 9.17) is 0 Å². The van der Waals surface area contributed by atoms with Crippen molar-refractivity contribution in [1.29, 1.82) is 0 Å². The molecule has 0 heterocycles. The summed E-state index contributed by atoms with van der Waals surface area (Å²) >= 11 is 1.30. The number of hydrogen-bond donors (Lipinski definition) is 0. The van der Waals surface area contributed by atoms with Crippen LogP contribution in [0.5, 0.6) is 0 Å². The first kappa shape index (κ1) is 17.2. The zero-order valence-electron chi connectivity index (χ0n) is 13.9. The van der Waals surface area contributed by atoms with Crippen LogP contribution in [0, 0.1) is 6.92 Å². The van der Waals surface area contributed by atoms with Gasteiger partial charge in [0, 0.05) is 16.0 Å². The fraction of sp³-hybridized carbons (Fsp3) is 0.0909. The number of carbonyl (C=O) groups is 2. The molecule has 0 N–H and O–H groups in total. The van der Waals surface area contributed by atoms with Crippen LogP contribution in [0.25, 0.3) is 0 Å². The molecule has 3 aromatic carbocycles. The summed E-state index contributed by atoms with van der Waals surface area (Å²) in [5.74, 6) is -0.333. The van der Waals surface area contributed by atoms with Gasteiger partial charge in [0.05, 0.1) is 0 Å². The lowest BCUT2D eigenvalue weighted by atomic mass is 10.0. The van der Waals surface area contributed by atoms with Gasteiger partial charge >= 0.3 is 0 Å². The standard InChI is InChI=1S/C22H18O2S/c1-16-12-14-19(15-13-16)25-22(20(23)17-8-4-2-5-9-17)21(24)18-10-6-3-7-11-18/h2-15,22H,1H3. The maximum atomic E-state index is 13.0. The van der Waals surface area contributed by atoms with E-state index in [2.05, 4.69) is 0 Å². The Morgan fingerprint density at radius 2 is 1.12 bits per heavy atom. The predicted octanol–water partition coefficient (Wildman–Crippen LogP) is 5.22. The fourth-order valence-corrected chi connectivity index (χ4v) is 3.54. The molecular weight excluding hydrogens is 328 g/mol. The van der Waals surface area contributed by atoms with Crippen molar-refractivity contribution in [3.8, 4) is 0 Å². The van der Waals surface area contributed by atoms with E-state index >= 15 is 0 Å². The molecule has 124 valence electrons. The monoisotopic (exact) mass is 346 g/mol. The lowest BCUT2D eigenvalue weighted by Crippen LogP contribution is -2.27. The number of rotatable bonds is 6. The molecule has 3 rings (SSSR count). The largest absolute Gasteiger partial charge is 0.292 e. The zero-order valence-corrected chi connectivity index (χ0v) is 14.7. The Hall–Kier alpha value is -2.65. The van der Waals surface area contributed by atoms with Gasteiger partial charge in [-0.1, -0.05) is 78.4 Å². The molecule has 3 aromatic rings. The number of aryl methyl sites for hydroxylation is 1. The molecule has 0 aliphatic heterocycles.